The van der Waals surface area contributed by atoms with Gasteiger partial charge in [-0.3, -0.25) is 20.8 Å². The third-order valence-electron chi connectivity index (χ3n) is 3.23. The molecule has 0 bridgehead atoms. The van der Waals surface area contributed by atoms with E-state index in [1.807, 2.05) is 0 Å². The number of benzene rings is 1. The van der Waals surface area contributed by atoms with Crippen LogP contribution in [0.3, 0.4) is 0 Å². The highest BCUT2D eigenvalue weighted by Gasteiger charge is 2.25. The zero-order valence-electron chi connectivity index (χ0n) is 11.2. The van der Waals surface area contributed by atoms with E-state index in [4.69, 9.17) is 15.7 Å². The molecule has 0 aliphatic carbocycles. The Balaban J connectivity index is 2.21. The van der Waals surface area contributed by atoms with Gasteiger partial charge in [-0.15, -0.1) is 0 Å². The minimum Gasteiger partial charge on any atom is -0.394 e. The van der Waals surface area contributed by atoms with Gasteiger partial charge in [0, 0.05) is 24.7 Å². The number of nitrogens with zero attached hydrogens (tertiary/aromatic N) is 2. The summed E-state index contributed by atoms with van der Waals surface area (Å²) in [6.07, 6.45) is -0.409. The molecule has 1 aliphatic heterocycles. The van der Waals surface area contributed by atoms with E-state index < -0.39 is 11.0 Å². The second kappa shape index (κ2) is 6.48. The molecule has 1 unspecified atom stereocenters. The van der Waals surface area contributed by atoms with Crippen LogP contribution in [-0.2, 0) is 4.74 Å². The number of nitro benzene ring substituents is 1. The molecule has 1 aromatic carbocycles. The fourth-order valence-electron chi connectivity index (χ4n) is 2.14. The Morgan fingerprint density at radius 3 is 3.00 bits per heavy atom. The van der Waals surface area contributed by atoms with Gasteiger partial charge >= 0.3 is 0 Å². The number of nitrogens with two attached hydrogens (primary N) is 1. The normalized spacial score (nSPS) is 18.4. The first-order valence-corrected chi connectivity index (χ1v) is 6.33. The molecule has 1 fully saturated rings. The lowest BCUT2D eigenvalue weighted by molar-refractivity contribution is -0.384. The van der Waals surface area contributed by atoms with Gasteiger partial charge in [0.1, 0.15) is 5.69 Å². The van der Waals surface area contributed by atoms with Crippen LogP contribution >= 0.6 is 0 Å². The maximum Gasteiger partial charge on any atom is 0.293 e. The van der Waals surface area contributed by atoms with Crippen LogP contribution in [0.5, 0.6) is 0 Å². The molecule has 1 amide bonds. The van der Waals surface area contributed by atoms with Gasteiger partial charge < -0.3 is 20.2 Å². The van der Waals surface area contributed by atoms with Crippen LogP contribution in [0.2, 0.25) is 0 Å². The number of hydrogen-bond acceptors (Lipinski definition) is 7. The van der Waals surface area contributed by atoms with Crippen LogP contribution in [0.25, 0.3) is 0 Å². The van der Waals surface area contributed by atoms with E-state index in [0.29, 0.717) is 13.2 Å². The average Bonchev–Trinajstić information content (AvgIpc) is 2.53. The van der Waals surface area contributed by atoms with Gasteiger partial charge in [0.25, 0.3) is 11.6 Å². The third kappa shape index (κ3) is 3.27. The van der Waals surface area contributed by atoms with E-state index in [-0.39, 0.29) is 36.0 Å². The molecule has 21 heavy (non-hydrogen) atoms. The van der Waals surface area contributed by atoms with E-state index in [0.717, 1.165) is 0 Å². The van der Waals surface area contributed by atoms with Gasteiger partial charge in [-0.05, 0) is 12.1 Å². The summed E-state index contributed by atoms with van der Waals surface area (Å²) in [5, 5.41) is 19.9. The lowest BCUT2D eigenvalue weighted by atomic mass is 10.1. The van der Waals surface area contributed by atoms with Crippen LogP contribution in [-0.4, -0.2) is 53.2 Å². The molecule has 0 radical (unpaired) electrons. The van der Waals surface area contributed by atoms with Crippen molar-refractivity contribution in [1.29, 1.82) is 0 Å². The van der Waals surface area contributed by atoms with Crippen molar-refractivity contribution in [2.24, 2.45) is 5.84 Å². The highest BCUT2D eigenvalue weighted by molar-refractivity contribution is 5.96. The van der Waals surface area contributed by atoms with E-state index >= 15 is 0 Å². The summed E-state index contributed by atoms with van der Waals surface area (Å²) in [6, 6.07) is 3.95. The standard InChI is InChI=1S/C12H16N4O5/c13-14-10-5-8(1-2-11(10)16(19)20)12(18)15-3-4-21-9(6-15)7-17/h1-2,5,9,14,17H,3-4,6-7,13H2. The van der Waals surface area contributed by atoms with Gasteiger partial charge in [-0.25, -0.2) is 0 Å². The molecule has 1 saturated heterocycles. The van der Waals surface area contributed by atoms with E-state index in [9.17, 15) is 14.9 Å². The summed E-state index contributed by atoms with van der Waals surface area (Å²) in [6.45, 7) is 0.848. The minimum absolute atomic E-state index is 0.0674. The molecule has 0 spiro atoms. The number of rotatable bonds is 4. The first-order chi connectivity index (χ1) is 10.1. The number of carbonyl (C=O) groups is 1. The number of hydrazine groups is 1. The zero-order valence-corrected chi connectivity index (χ0v) is 11.2. The van der Waals surface area contributed by atoms with Crippen LogP contribution in [0.15, 0.2) is 18.2 Å². The van der Waals surface area contributed by atoms with Crippen molar-refractivity contribution in [2.75, 3.05) is 31.7 Å². The summed E-state index contributed by atoms with van der Waals surface area (Å²) in [7, 11) is 0. The Labute approximate surface area is 120 Å². The molecule has 1 aliphatic rings. The second-order valence-corrected chi connectivity index (χ2v) is 4.56. The SMILES string of the molecule is NNc1cc(C(=O)N2CCOC(CO)C2)ccc1[N+](=O)[O-]. The molecule has 1 aromatic rings. The van der Waals surface area contributed by atoms with Crippen LogP contribution < -0.4 is 11.3 Å². The number of amides is 1. The number of nitro groups is 1. The molecule has 9 heteroatoms. The molecule has 0 aromatic heterocycles. The van der Waals surface area contributed by atoms with E-state index in [1.54, 1.807) is 0 Å². The summed E-state index contributed by atoms with van der Waals surface area (Å²) in [5.41, 5.74) is 2.37. The monoisotopic (exact) mass is 296 g/mol. The quantitative estimate of drug-likeness (QED) is 0.395. The number of aliphatic hydroxyl groups is 1. The number of hydrogen-bond donors (Lipinski definition) is 3. The topological polar surface area (TPSA) is 131 Å². The van der Waals surface area contributed by atoms with Gasteiger partial charge in [0.05, 0.1) is 24.2 Å². The lowest BCUT2D eigenvalue weighted by Gasteiger charge is -2.32. The number of ether oxygens (including phenoxy) is 1. The fraction of sp³-hybridized carbons (Fsp3) is 0.417. The maximum atomic E-state index is 12.4. The third-order valence-corrected chi connectivity index (χ3v) is 3.23. The first kappa shape index (κ1) is 15.2. The average molecular weight is 296 g/mol. The number of nitrogens with one attached hydrogen (secondary N) is 1. The predicted octanol–water partition coefficient (Wildman–Crippen LogP) is -0.286. The number of anilines is 1. The molecule has 1 atom stereocenters. The number of carbonyl (C=O) groups excluding carboxylic acids is 1. The van der Waals surface area contributed by atoms with Gasteiger partial charge in [-0.1, -0.05) is 0 Å². The predicted molar refractivity (Wildman–Crippen MR) is 73.6 cm³/mol. The summed E-state index contributed by atoms with van der Waals surface area (Å²) >= 11 is 0. The van der Waals surface area contributed by atoms with Gasteiger partial charge in [0.15, 0.2) is 0 Å². The summed E-state index contributed by atoms with van der Waals surface area (Å²) < 4.78 is 5.27. The number of aliphatic hydroxyl groups excluding tert-OH is 1. The zero-order chi connectivity index (χ0) is 15.4. The Kier molecular flexibility index (Phi) is 4.68. The lowest BCUT2D eigenvalue weighted by Crippen LogP contribution is -2.46. The summed E-state index contributed by atoms with van der Waals surface area (Å²) in [4.78, 5) is 24.1. The molecule has 114 valence electrons. The van der Waals surface area contributed by atoms with Crippen molar-refractivity contribution < 1.29 is 19.6 Å². The molecule has 1 heterocycles. The molecular formula is C12H16N4O5. The molecule has 9 nitrogen and oxygen atoms in total. The Morgan fingerprint density at radius 1 is 1.62 bits per heavy atom. The highest BCUT2D eigenvalue weighted by atomic mass is 16.6. The van der Waals surface area contributed by atoms with Crippen molar-refractivity contribution in [3.63, 3.8) is 0 Å². The highest BCUT2D eigenvalue weighted by Crippen LogP contribution is 2.25. The first-order valence-electron chi connectivity index (χ1n) is 6.33. The Hall–Kier alpha value is -2.23. The van der Waals surface area contributed by atoms with Crippen molar-refractivity contribution in [1.82, 2.24) is 4.90 Å². The van der Waals surface area contributed by atoms with Crippen molar-refractivity contribution in [3.05, 3.63) is 33.9 Å². The minimum atomic E-state index is -0.583. The van der Waals surface area contributed by atoms with Crippen molar-refractivity contribution in [2.45, 2.75) is 6.10 Å². The van der Waals surface area contributed by atoms with Crippen molar-refractivity contribution >= 4 is 17.3 Å². The smallest absolute Gasteiger partial charge is 0.293 e. The Morgan fingerprint density at radius 2 is 2.38 bits per heavy atom. The fourth-order valence-corrected chi connectivity index (χ4v) is 2.14. The number of morpholine rings is 1. The molecule has 2 rings (SSSR count). The molecule has 4 N–H and O–H groups in total. The van der Waals surface area contributed by atoms with Crippen molar-refractivity contribution in [3.8, 4) is 0 Å². The van der Waals surface area contributed by atoms with Crippen LogP contribution in [0.4, 0.5) is 11.4 Å². The van der Waals surface area contributed by atoms with Gasteiger partial charge in [-0.2, -0.15) is 0 Å². The largest absolute Gasteiger partial charge is 0.394 e. The second-order valence-electron chi connectivity index (χ2n) is 4.56. The van der Waals surface area contributed by atoms with Crippen LogP contribution in [0.1, 0.15) is 10.4 Å². The summed E-state index contributed by atoms with van der Waals surface area (Å²) in [5.74, 6) is 4.96. The van der Waals surface area contributed by atoms with E-state index in [2.05, 4.69) is 5.43 Å². The molecule has 0 saturated carbocycles. The number of nitrogen functional groups attached to an aromatic ring is 1. The van der Waals surface area contributed by atoms with E-state index in [1.165, 1.54) is 23.1 Å². The molecular weight excluding hydrogens is 280 g/mol. The van der Waals surface area contributed by atoms with Gasteiger partial charge in [0.2, 0.25) is 0 Å². The van der Waals surface area contributed by atoms with Crippen LogP contribution in [0, 0.1) is 10.1 Å². The Bertz CT molecular complexity index is 550. The maximum absolute atomic E-state index is 12.4.